The fourth-order valence-electron chi connectivity index (χ4n) is 4.87. The number of anilines is 1. The van der Waals surface area contributed by atoms with Gasteiger partial charge in [-0.15, -0.1) is 0 Å². The van der Waals surface area contributed by atoms with E-state index >= 15 is 0 Å². The van der Waals surface area contributed by atoms with Gasteiger partial charge in [-0.2, -0.15) is 5.10 Å². The summed E-state index contributed by atoms with van der Waals surface area (Å²) in [6, 6.07) is 17.6. The zero-order chi connectivity index (χ0) is 25.9. The van der Waals surface area contributed by atoms with Crippen LogP contribution in [-0.2, 0) is 13.1 Å². The van der Waals surface area contributed by atoms with E-state index in [0.717, 1.165) is 71.6 Å². The fraction of sp³-hybridized carbons (Fsp3) is 0.310. The molecule has 3 aromatic heterocycles. The van der Waals surface area contributed by atoms with Crippen molar-refractivity contribution in [1.82, 2.24) is 29.2 Å². The third-order valence-corrected chi connectivity index (χ3v) is 7.05. The van der Waals surface area contributed by atoms with Gasteiger partial charge in [-0.25, -0.2) is 9.97 Å². The SMILES string of the molecule is CCN(CC)CCn1c(NC(=O)c2cc(-c3cnn(CC)c3C)nc3ccccc23)nc2ccccc21. The summed E-state index contributed by atoms with van der Waals surface area (Å²) >= 11 is 0. The van der Waals surface area contributed by atoms with Crippen LogP contribution in [0.3, 0.4) is 0 Å². The number of fused-ring (bicyclic) bond motifs is 2. The molecule has 8 nitrogen and oxygen atoms in total. The molecule has 1 amide bonds. The number of nitrogens with zero attached hydrogens (tertiary/aromatic N) is 6. The van der Waals surface area contributed by atoms with Gasteiger partial charge < -0.3 is 9.47 Å². The molecule has 0 spiro atoms. The van der Waals surface area contributed by atoms with Crippen LogP contribution >= 0.6 is 0 Å². The van der Waals surface area contributed by atoms with E-state index in [-0.39, 0.29) is 5.91 Å². The van der Waals surface area contributed by atoms with Gasteiger partial charge in [-0.05, 0) is 51.2 Å². The third-order valence-electron chi connectivity index (χ3n) is 7.05. The van der Waals surface area contributed by atoms with Gasteiger partial charge in [0, 0.05) is 36.3 Å². The van der Waals surface area contributed by atoms with Crippen molar-refractivity contribution in [1.29, 1.82) is 0 Å². The summed E-state index contributed by atoms with van der Waals surface area (Å²) in [5.41, 5.74) is 5.88. The summed E-state index contributed by atoms with van der Waals surface area (Å²) in [5, 5.41) is 8.40. The van der Waals surface area contributed by atoms with Crippen molar-refractivity contribution in [3.8, 4) is 11.3 Å². The largest absolute Gasteiger partial charge is 0.309 e. The first kappa shape index (κ1) is 24.6. The molecule has 0 atom stereocenters. The van der Waals surface area contributed by atoms with Gasteiger partial charge >= 0.3 is 0 Å². The number of hydrogen-bond donors (Lipinski definition) is 1. The van der Waals surface area contributed by atoms with Crippen LogP contribution in [0, 0.1) is 6.92 Å². The van der Waals surface area contributed by atoms with Gasteiger partial charge in [0.1, 0.15) is 0 Å². The minimum atomic E-state index is -0.209. The number of rotatable bonds is 9. The Hall–Kier alpha value is -4.04. The van der Waals surface area contributed by atoms with Crippen molar-refractivity contribution in [2.45, 2.75) is 40.8 Å². The summed E-state index contributed by atoms with van der Waals surface area (Å²) < 4.78 is 4.04. The first-order chi connectivity index (χ1) is 18.0. The van der Waals surface area contributed by atoms with Crippen molar-refractivity contribution in [3.63, 3.8) is 0 Å². The molecule has 0 aliphatic heterocycles. The van der Waals surface area contributed by atoms with E-state index in [4.69, 9.17) is 9.97 Å². The van der Waals surface area contributed by atoms with Gasteiger partial charge in [0.25, 0.3) is 5.91 Å². The number of carbonyl (C=O) groups is 1. The van der Waals surface area contributed by atoms with Gasteiger partial charge in [0.05, 0.1) is 34.0 Å². The zero-order valence-corrected chi connectivity index (χ0v) is 21.9. The molecular formula is C29H33N7O. The van der Waals surface area contributed by atoms with Gasteiger partial charge in [-0.1, -0.05) is 44.2 Å². The lowest BCUT2D eigenvalue weighted by Crippen LogP contribution is -2.27. The highest BCUT2D eigenvalue weighted by atomic mass is 16.1. The van der Waals surface area contributed by atoms with Crippen molar-refractivity contribution in [2.24, 2.45) is 0 Å². The number of imidazole rings is 1. The van der Waals surface area contributed by atoms with Crippen molar-refractivity contribution >= 4 is 33.8 Å². The maximum absolute atomic E-state index is 13.8. The van der Waals surface area contributed by atoms with Gasteiger partial charge in [-0.3, -0.25) is 14.8 Å². The third kappa shape index (κ3) is 4.72. The number of benzene rings is 2. The Bertz CT molecular complexity index is 1560. The van der Waals surface area contributed by atoms with E-state index in [1.54, 1.807) is 0 Å². The molecule has 0 bridgehead atoms. The number of likely N-dealkylation sites (N-methyl/N-ethyl adjacent to an activating group) is 1. The summed E-state index contributed by atoms with van der Waals surface area (Å²) in [6.45, 7) is 12.7. The maximum atomic E-state index is 13.8. The molecule has 5 aromatic rings. The minimum Gasteiger partial charge on any atom is -0.309 e. The zero-order valence-electron chi connectivity index (χ0n) is 21.9. The van der Waals surface area contributed by atoms with E-state index in [9.17, 15) is 4.79 Å². The van der Waals surface area contributed by atoms with Crippen LogP contribution in [-0.4, -0.2) is 54.8 Å². The lowest BCUT2D eigenvalue weighted by atomic mass is 10.0. The van der Waals surface area contributed by atoms with Crippen molar-refractivity contribution in [2.75, 3.05) is 25.0 Å². The first-order valence-electron chi connectivity index (χ1n) is 13.0. The molecule has 8 heteroatoms. The van der Waals surface area contributed by atoms with E-state index in [1.165, 1.54) is 0 Å². The second-order valence-corrected chi connectivity index (χ2v) is 9.09. The van der Waals surface area contributed by atoms with Crippen molar-refractivity contribution in [3.05, 3.63) is 72.1 Å². The number of carbonyl (C=O) groups excluding carboxylic acids is 1. The first-order valence-corrected chi connectivity index (χ1v) is 13.0. The minimum absolute atomic E-state index is 0.209. The standard InChI is InChI=1S/C29H33N7O/c1-5-34(6-2)16-17-35-27-15-11-10-14-25(27)32-29(35)33-28(37)22-18-26(23-19-30-36(7-3)20(23)4)31-24-13-9-8-12-21(22)24/h8-15,18-19H,5-7,16-17H2,1-4H3,(H,32,33,37). The van der Waals surface area contributed by atoms with Crippen LogP contribution < -0.4 is 5.32 Å². The molecule has 0 radical (unpaired) electrons. The van der Waals surface area contributed by atoms with E-state index in [2.05, 4.69) is 40.7 Å². The summed E-state index contributed by atoms with van der Waals surface area (Å²) in [7, 11) is 0. The highest BCUT2D eigenvalue weighted by Gasteiger charge is 2.19. The molecule has 5 rings (SSSR count). The molecule has 0 fully saturated rings. The molecule has 0 saturated heterocycles. The monoisotopic (exact) mass is 495 g/mol. The number of hydrogen-bond acceptors (Lipinski definition) is 5. The normalized spacial score (nSPS) is 11.6. The molecule has 0 saturated carbocycles. The lowest BCUT2D eigenvalue weighted by molar-refractivity contribution is 0.102. The lowest BCUT2D eigenvalue weighted by Gasteiger charge is -2.19. The molecule has 3 heterocycles. The predicted octanol–water partition coefficient (Wildman–Crippen LogP) is 5.37. The molecule has 0 unspecified atom stereocenters. The number of amides is 1. The number of nitrogens with one attached hydrogen (secondary N) is 1. The van der Waals surface area contributed by atoms with Crippen LogP contribution in [0.5, 0.6) is 0 Å². The Morgan fingerprint density at radius 1 is 0.973 bits per heavy atom. The van der Waals surface area contributed by atoms with Crippen molar-refractivity contribution < 1.29 is 4.79 Å². The summed E-state index contributed by atoms with van der Waals surface area (Å²) in [4.78, 5) is 25.8. The number of pyridine rings is 1. The Balaban J connectivity index is 1.55. The van der Waals surface area contributed by atoms with E-state index in [1.807, 2.05) is 72.4 Å². The van der Waals surface area contributed by atoms with Crippen LogP contribution in [0.15, 0.2) is 60.8 Å². The molecule has 0 aliphatic carbocycles. The van der Waals surface area contributed by atoms with Gasteiger partial charge in [0.2, 0.25) is 5.95 Å². The summed E-state index contributed by atoms with van der Waals surface area (Å²) in [5.74, 6) is 0.343. The van der Waals surface area contributed by atoms with Crippen LogP contribution in [0.1, 0.15) is 36.8 Å². The molecule has 37 heavy (non-hydrogen) atoms. The van der Waals surface area contributed by atoms with E-state index < -0.39 is 0 Å². The highest BCUT2D eigenvalue weighted by molar-refractivity contribution is 6.13. The molecule has 0 aliphatic rings. The Kier molecular flexibility index (Phi) is 7.01. The molecular weight excluding hydrogens is 462 g/mol. The second-order valence-electron chi connectivity index (χ2n) is 9.09. The topological polar surface area (TPSA) is 80.9 Å². The predicted molar refractivity (Wildman–Crippen MR) is 149 cm³/mol. The average Bonchev–Trinajstić information content (AvgIpc) is 3.47. The highest BCUT2D eigenvalue weighted by Crippen LogP contribution is 2.28. The Labute approximate surface area is 216 Å². The molecule has 2 aromatic carbocycles. The molecule has 190 valence electrons. The molecule has 1 N–H and O–H groups in total. The quantitative estimate of drug-likeness (QED) is 0.297. The van der Waals surface area contributed by atoms with Crippen LogP contribution in [0.25, 0.3) is 33.2 Å². The number of aryl methyl sites for hydroxylation is 1. The number of para-hydroxylation sites is 3. The average molecular weight is 496 g/mol. The number of aromatic nitrogens is 5. The Morgan fingerprint density at radius 2 is 1.70 bits per heavy atom. The second kappa shape index (κ2) is 10.5. The maximum Gasteiger partial charge on any atom is 0.258 e. The fourth-order valence-corrected chi connectivity index (χ4v) is 4.87. The summed E-state index contributed by atoms with van der Waals surface area (Å²) in [6.07, 6.45) is 1.82. The smallest absolute Gasteiger partial charge is 0.258 e. The van der Waals surface area contributed by atoms with E-state index in [0.29, 0.717) is 11.5 Å². The Morgan fingerprint density at radius 3 is 2.43 bits per heavy atom. The van der Waals surface area contributed by atoms with Crippen LogP contribution in [0.2, 0.25) is 0 Å². The van der Waals surface area contributed by atoms with Gasteiger partial charge in [0.15, 0.2) is 0 Å². The van der Waals surface area contributed by atoms with Crippen LogP contribution in [0.4, 0.5) is 5.95 Å².